The van der Waals surface area contributed by atoms with Crippen molar-refractivity contribution in [2.24, 2.45) is 0 Å². The largest absolute Gasteiger partial charge is 0.351 e. The van der Waals surface area contributed by atoms with Crippen molar-refractivity contribution in [2.45, 2.75) is 33.2 Å². The van der Waals surface area contributed by atoms with E-state index >= 15 is 0 Å². The fourth-order valence-electron chi connectivity index (χ4n) is 2.81. The van der Waals surface area contributed by atoms with Gasteiger partial charge in [0.25, 0.3) is 5.91 Å². The lowest BCUT2D eigenvalue weighted by molar-refractivity contribution is 0.0948. The number of rotatable bonds is 4. The van der Waals surface area contributed by atoms with Crippen LogP contribution in [0.4, 0.5) is 5.95 Å². The summed E-state index contributed by atoms with van der Waals surface area (Å²) in [6.45, 7) is 6.25. The molecular formula is C18H22N4O. The Morgan fingerprint density at radius 3 is 2.83 bits per heavy atom. The molecule has 1 aromatic heterocycles. The number of carbonyl (C=O) groups is 1. The van der Waals surface area contributed by atoms with Gasteiger partial charge >= 0.3 is 0 Å². The van der Waals surface area contributed by atoms with Crippen molar-refractivity contribution in [2.75, 3.05) is 18.0 Å². The average Bonchev–Trinajstić information content (AvgIpc) is 2.58. The predicted octanol–water partition coefficient (Wildman–Crippen LogP) is 2.49. The summed E-state index contributed by atoms with van der Waals surface area (Å²) in [7, 11) is 0. The third-order valence-electron chi connectivity index (χ3n) is 4.02. The topological polar surface area (TPSA) is 58.1 Å². The van der Waals surface area contributed by atoms with Crippen LogP contribution in [0.3, 0.4) is 0 Å². The number of aryl methyl sites for hydroxylation is 1. The number of amides is 1. The second-order valence-electron chi connectivity index (χ2n) is 5.89. The van der Waals surface area contributed by atoms with Gasteiger partial charge in [0.1, 0.15) is 5.69 Å². The van der Waals surface area contributed by atoms with Crippen molar-refractivity contribution in [3.8, 4) is 0 Å². The highest BCUT2D eigenvalue weighted by Crippen LogP contribution is 2.22. The van der Waals surface area contributed by atoms with E-state index in [4.69, 9.17) is 0 Å². The molecule has 0 atom stereocenters. The normalized spacial score (nSPS) is 13.6. The number of hydrogen-bond acceptors (Lipinski definition) is 4. The van der Waals surface area contributed by atoms with Crippen molar-refractivity contribution < 1.29 is 4.79 Å². The van der Waals surface area contributed by atoms with Crippen molar-refractivity contribution in [1.82, 2.24) is 15.3 Å². The lowest BCUT2D eigenvalue weighted by Crippen LogP contribution is -2.33. The monoisotopic (exact) mass is 310 g/mol. The number of fused-ring (bicyclic) bond motifs is 1. The molecule has 5 heteroatoms. The Bertz CT molecular complexity index is 714. The first-order valence-corrected chi connectivity index (χ1v) is 8.13. The minimum absolute atomic E-state index is 0.129. The molecule has 0 fully saturated rings. The Balaban J connectivity index is 1.83. The summed E-state index contributed by atoms with van der Waals surface area (Å²) in [4.78, 5) is 23.3. The molecule has 0 bridgehead atoms. The number of benzene rings is 1. The van der Waals surface area contributed by atoms with Gasteiger partial charge in [0.05, 0.1) is 0 Å². The molecule has 0 radical (unpaired) electrons. The Kier molecular flexibility index (Phi) is 4.55. The molecule has 23 heavy (non-hydrogen) atoms. The first kappa shape index (κ1) is 15.5. The molecule has 0 unspecified atom stereocenters. The van der Waals surface area contributed by atoms with Gasteiger partial charge in [-0.3, -0.25) is 4.79 Å². The van der Waals surface area contributed by atoms with Crippen LogP contribution < -0.4 is 10.2 Å². The molecule has 0 spiro atoms. The molecule has 0 aliphatic carbocycles. The Labute approximate surface area is 136 Å². The first-order chi connectivity index (χ1) is 11.2. The summed E-state index contributed by atoms with van der Waals surface area (Å²) < 4.78 is 0. The third kappa shape index (κ3) is 3.50. The number of anilines is 1. The third-order valence-corrected chi connectivity index (χ3v) is 4.02. The number of carbonyl (C=O) groups excluding carboxylic acids is 1. The minimum Gasteiger partial charge on any atom is -0.351 e. The van der Waals surface area contributed by atoms with E-state index in [1.54, 1.807) is 6.07 Å². The van der Waals surface area contributed by atoms with Crippen LogP contribution in [-0.2, 0) is 13.0 Å². The molecule has 2 aromatic rings. The fourth-order valence-corrected chi connectivity index (χ4v) is 2.81. The van der Waals surface area contributed by atoms with Crippen LogP contribution in [0.5, 0.6) is 0 Å². The quantitative estimate of drug-likeness (QED) is 0.942. The van der Waals surface area contributed by atoms with Crippen molar-refractivity contribution in [3.63, 3.8) is 0 Å². The van der Waals surface area contributed by atoms with Crippen molar-refractivity contribution in [1.29, 1.82) is 0 Å². The van der Waals surface area contributed by atoms with Gasteiger partial charge in [0, 0.05) is 25.3 Å². The van der Waals surface area contributed by atoms with Crippen molar-refractivity contribution in [3.05, 3.63) is 52.8 Å². The average molecular weight is 310 g/mol. The molecule has 0 saturated heterocycles. The van der Waals surface area contributed by atoms with E-state index in [1.807, 2.05) is 13.8 Å². The molecule has 5 nitrogen and oxygen atoms in total. The smallest absolute Gasteiger partial charge is 0.270 e. The van der Waals surface area contributed by atoms with Gasteiger partial charge in [-0.25, -0.2) is 9.97 Å². The lowest BCUT2D eigenvalue weighted by Gasteiger charge is -2.29. The maximum absolute atomic E-state index is 12.2. The number of nitrogens with zero attached hydrogens (tertiary/aromatic N) is 3. The minimum atomic E-state index is -0.129. The molecule has 2 heterocycles. The molecule has 1 aliphatic rings. The molecule has 1 N–H and O–H groups in total. The summed E-state index contributed by atoms with van der Waals surface area (Å²) in [5, 5.41) is 2.87. The van der Waals surface area contributed by atoms with Gasteiger partial charge in [0.2, 0.25) is 5.95 Å². The molecule has 1 amide bonds. The van der Waals surface area contributed by atoms with E-state index in [0.717, 1.165) is 31.6 Å². The van der Waals surface area contributed by atoms with Gasteiger partial charge in [-0.2, -0.15) is 0 Å². The van der Waals surface area contributed by atoms with E-state index in [2.05, 4.69) is 44.5 Å². The van der Waals surface area contributed by atoms with E-state index in [1.165, 1.54) is 11.1 Å². The first-order valence-electron chi connectivity index (χ1n) is 8.13. The summed E-state index contributed by atoms with van der Waals surface area (Å²) >= 11 is 0. The van der Waals surface area contributed by atoms with Gasteiger partial charge in [0.15, 0.2) is 0 Å². The zero-order valence-corrected chi connectivity index (χ0v) is 13.7. The van der Waals surface area contributed by atoms with Crippen LogP contribution >= 0.6 is 0 Å². The van der Waals surface area contributed by atoms with E-state index in [9.17, 15) is 4.79 Å². The van der Waals surface area contributed by atoms with Crippen LogP contribution in [0.2, 0.25) is 0 Å². The van der Waals surface area contributed by atoms with E-state index < -0.39 is 0 Å². The Morgan fingerprint density at radius 2 is 2.04 bits per heavy atom. The number of nitrogens with one attached hydrogen (secondary N) is 1. The fraction of sp³-hybridized carbons (Fsp3) is 0.389. The SMILES string of the molecule is CCCNC(=O)c1cc(C)nc(N2CCc3ccccc3C2)n1. The van der Waals surface area contributed by atoms with Crippen LogP contribution in [0.15, 0.2) is 30.3 Å². The summed E-state index contributed by atoms with van der Waals surface area (Å²) in [5.74, 6) is 0.511. The number of hydrogen-bond donors (Lipinski definition) is 1. The second-order valence-corrected chi connectivity index (χ2v) is 5.89. The van der Waals surface area contributed by atoms with Crippen LogP contribution in [0.1, 0.15) is 40.7 Å². The molecule has 1 aliphatic heterocycles. The maximum Gasteiger partial charge on any atom is 0.270 e. The predicted molar refractivity (Wildman–Crippen MR) is 90.6 cm³/mol. The van der Waals surface area contributed by atoms with Crippen LogP contribution in [-0.4, -0.2) is 29.0 Å². The second kappa shape index (κ2) is 6.77. The number of aromatic nitrogens is 2. The highest BCUT2D eigenvalue weighted by Gasteiger charge is 2.20. The standard InChI is InChI=1S/C18H22N4O/c1-3-9-19-17(23)16-11-13(2)20-18(21-16)22-10-8-14-6-4-5-7-15(14)12-22/h4-7,11H,3,8-10,12H2,1-2H3,(H,19,23). The molecule has 120 valence electrons. The molecule has 3 rings (SSSR count). The van der Waals surface area contributed by atoms with Crippen LogP contribution in [0.25, 0.3) is 0 Å². The summed E-state index contributed by atoms with van der Waals surface area (Å²) in [5.41, 5.74) is 3.95. The van der Waals surface area contributed by atoms with Gasteiger partial charge in [-0.15, -0.1) is 0 Å². The van der Waals surface area contributed by atoms with Crippen molar-refractivity contribution >= 4 is 11.9 Å². The van der Waals surface area contributed by atoms with Crippen LogP contribution in [0, 0.1) is 6.92 Å². The summed E-state index contributed by atoms with van der Waals surface area (Å²) in [6, 6.07) is 10.2. The Hall–Kier alpha value is -2.43. The van der Waals surface area contributed by atoms with Gasteiger partial charge < -0.3 is 10.2 Å². The molecular weight excluding hydrogens is 288 g/mol. The highest BCUT2D eigenvalue weighted by atomic mass is 16.1. The van der Waals surface area contributed by atoms with Gasteiger partial charge in [-0.1, -0.05) is 31.2 Å². The lowest BCUT2D eigenvalue weighted by atomic mass is 10.0. The van der Waals surface area contributed by atoms with E-state index in [0.29, 0.717) is 18.2 Å². The summed E-state index contributed by atoms with van der Waals surface area (Å²) in [6.07, 6.45) is 1.89. The molecule has 1 aromatic carbocycles. The van der Waals surface area contributed by atoms with E-state index in [-0.39, 0.29) is 5.91 Å². The Morgan fingerprint density at radius 1 is 1.26 bits per heavy atom. The highest BCUT2D eigenvalue weighted by molar-refractivity contribution is 5.92. The molecule has 0 saturated carbocycles. The maximum atomic E-state index is 12.2. The zero-order valence-electron chi connectivity index (χ0n) is 13.7. The van der Waals surface area contributed by atoms with Gasteiger partial charge in [-0.05, 0) is 37.0 Å². The zero-order chi connectivity index (χ0) is 16.2.